The summed E-state index contributed by atoms with van der Waals surface area (Å²) in [6.45, 7) is 7.11. The zero-order valence-corrected chi connectivity index (χ0v) is 19.6. The number of ether oxygens (including phenoxy) is 2. The van der Waals surface area contributed by atoms with Crippen LogP contribution in [0.1, 0.15) is 51.2 Å². The molecule has 1 aliphatic rings. The summed E-state index contributed by atoms with van der Waals surface area (Å²) in [6.07, 6.45) is 2.05. The summed E-state index contributed by atoms with van der Waals surface area (Å²) >= 11 is 0. The van der Waals surface area contributed by atoms with E-state index in [0.717, 1.165) is 17.5 Å². The van der Waals surface area contributed by atoms with E-state index < -0.39 is 6.04 Å². The highest BCUT2D eigenvalue weighted by atomic mass is 19.1. The van der Waals surface area contributed by atoms with Crippen LogP contribution in [0.3, 0.4) is 0 Å². The van der Waals surface area contributed by atoms with Crippen molar-refractivity contribution in [1.29, 1.82) is 0 Å². The average molecular weight is 457 g/mol. The Hall–Kier alpha value is -3.09. The topological polar surface area (TPSA) is 67.9 Å². The Labute approximate surface area is 195 Å². The second kappa shape index (κ2) is 11.7. The third-order valence-electron chi connectivity index (χ3n) is 5.89. The smallest absolute Gasteiger partial charge is 0.243 e. The normalized spacial score (nSPS) is 14.3. The molecule has 0 saturated heterocycles. The van der Waals surface area contributed by atoms with Crippen LogP contribution in [0.2, 0.25) is 0 Å². The summed E-state index contributed by atoms with van der Waals surface area (Å²) in [7, 11) is 0. The van der Waals surface area contributed by atoms with Crippen molar-refractivity contribution in [1.82, 2.24) is 10.2 Å². The molecule has 2 atom stereocenters. The standard InChI is InChI=1S/C26H33FN2O4/c1-4-18(3)28-26(31)22(5-2)29(17-20-6-10-21(27)11-7-20)25(30)13-9-19-8-12-23-24(16-19)33-15-14-32-23/h6-8,10-12,16,18,22H,4-5,9,13-15,17H2,1-3H3,(H,28,31). The molecule has 33 heavy (non-hydrogen) atoms. The molecular formula is C26H33FN2O4. The molecule has 0 bridgehead atoms. The van der Waals surface area contributed by atoms with Crippen molar-refractivity contribution in [2.75, 3.05) is 13.2 Å². The van der Waals surface area contributed by atoms with Gasteiger partial charge in [-0.1, -0.05) is 32.0 Å². The maximum atomic E-state index is 13.4. The number of nitrogens with one attached hydrogen (secondary N) is 1. The van der Waals surface area contributed by atoms with Crippen molar-refractivity contribution in [3.05, 3.63) is 59.4 Å². The monoisotopic (exact) mass is 456 g/mol. The van der Waals surface area contributed by atoms with Gasteiger partial charge in [0.1, 0.15) is 25.1 Å². The Morgan fingerprint density at radius 2 is 1.67 bits per heavy atom. The summed E-state index contributed by atoms with van der Waals surface area (Å²) in [6, 6.07) is 11.1. The minimum atomic E-state index is -0.600. The van der Waals surface area contributed by atoms with Gasteiger partial charge >= 0.3 is 0 Å². The molecule has 0 radical (unpaired) electrons. The van der Waals surface area contributed by atoms with E-state index in [-0.39, 0.29) is 36.6 Å². The summed E-state index contributed by atoms with van der Waals surface area (Å²) in [5, 5.41) is 3.00. The maximum Gasteiger partial charge on any atom is 0.243 e. The van der Waals surface area contributed by atoms with Crippen molar-refractivity contribution in [2.24, 2.45) is 0 Å². The molecule has 178 valence electrons. The largest absolute Gasteiger partial charge is 0.486 e. The number of nitrogens with zero attached hydrogens (tertiary/aromatic N) is 1. The second-order valence-electron chi connectivity index (χ2n) is 8.37. The Kier molecular flexibility index (Phi) is 8.69. The molecule has 2 amide bonds. The Morgan fingerprint density at radius 1 is 1.00 bits per heavy atom. The predicted octanol–water partition coefficient (Wildman–Crippen LogP) is 4.25. The van der Waals surface area contributed by atoms with E-state index in [0.29, 0.717) is 37.6 Å². The number of carbonyl (C=O) groups excluding carboxylic acids is 2. The summed E-state index contributed by atoms with van der Waals surface area (Å²) < 4.78 is 24.6. The number of rotatable bonds is 10. The van der Waals surface area contributed by atoms with E-state index in [1.165, 1.54) is 12.1 Å². The first-order valence-electron chi connectivity index (χ1n) is 11.6. The van der Waals surface area contributed by atoms with E-state index >= 15 is 0 Å². The molecular weight excluding hydrogens is 423 g/mol. The molecule has 1 heterocycles. The summed E-state index contributed by atoms with van der Waals surface area (Å²) in [4.78, 5) is 27.9. The molecule has 0 aromatic heterocycles. The Balaban J connectivity index is 1.75. The van der Waals surface area contributed by atoms with Crippen LogP contribution < -0.4 is 14.8 Å². The van der Waals surface area contributed by atoms with E-state index in [4.69, 9.17) is 9.47 Å². The Bertz CT molecular complexity index is 948. The number of amides is 2. The van der Waals surface area contributed by atoms with Crippen LogP contribution in [0, 0.1) is 5.82 Å². The quantitative estimate of drug-likeness (QED) is 0.580. The average Bonchev–Trinajstić information content (AvgIpc) is 2.83. The predicted molar refractivity (Wildman–Crippen MR) is 125 cm³/mol. The highest BCUT2D eigenvalue weighted by molar-refractivity contribution is 5.88. The van der Waals surface area contributed by atoms with Gasteiger partial charge in [-0.15, -0.1) is 0 Å². The highest BCUT2D eigenvalue weighted by Crippen LogP contribution is 2.31. The zero-order valence-electron chi connectivity index (χ0n) is 19.6. The van der Waals surface area contributed by atoms with Gasteiger partial charge in [-0.25, -0.2) is 4.39 Å². The van der Waals surface area contributed by atoms with E-state index in [1.807, 2.05) is 39.0 Å². The molecule has 3 rings (SSSR count). The first-order valence-corrected chi connectivity index (χ1v) is 11.6. The van der Waals surface area contributed by atoms with Gasteiger partial charge in [0.15, 0.2) is 11.5 Å². The lowest BCUT2D eigenvalue weighted by molar-refractivity contribution is -0.141. The van der Waals surface area contributed by atoms with Crippen LogP contribution in [-0.4, -0.2) is 42.0 Å². The number of carbonyl (C=O) groups is 2. The molecule has 0 fully saturated rings. The van der Waals surface area contributed by atoms with Crippen molar-refractivity contribution < 1.29 is 23.5 Å². The van der Waals surface area contributed by atoms with Crippen LogP contribution in [0.15, 0.2) is 42.5 Å². The highest BCUT2D eigenvalue weighted by Gasteiger charge is 2.29. The van der Waals surface area contributed by atoms with Crippen LogP contribution >= 0.6 is 0 Å². The lowest BCUT2D eigenvalue weighted by Crippen LogP contribution is -2.50. The molecule has 0 saturated carbocycles. The van der Waals surface area contributed by atoms with Crippen molar-refractivity contribution in [2.45, 2.75) is 65.1 Å². The van der Waals surface area contributed by atoms with Crippen LogP contribution in [-0.2, 0) is 22.6 Å². The number of hydrogen-bond acceptors (Lipinski definition) is 4. The van der Waals surface area contributed by atoms with E-state index in [1.54, 1.807) is 17.0 Å². The molecule has 2 unspecified atom stereocenters. The van der Waals surface area contributed by atoms with Crippen molar-refractivity contribution >= 4 is 11.8 Å². The van der Waals surface area contributed by atoms with Gasteiger partial charge in [-0.05, 0) is 61.6 Å². The molecule has 2 aromatic rings. The molecule has 1 aliphatic heterocycles. The fraction of sp³-hybridized carbons (Fsp3) is 0.462. The number of fused-ring (bicyclic) bond motifs is 1. The first-order chi connectivity index (χ1) is 15.9. The lowest BCUT2D eigenvalue weighted by Gasteiger charge is -2.31. The van der Waals surface area contributed by atoms with Gasteiger partial charge in [-0.3, -0.25) is 9.59 Å². The molecule has 2 aromatic carbocycles. The molecule has 6 nitrogen and oxygen atoms in total. The summed E-state index contributed by atoms with van der Waals surface area (Å²) in [5.74, 6) is 0.773. The lowest BCUT2D eigenvalue weighted by atomic mass is 10.0. The van der Waals surface area contributed by atoms with Crippen LogP contribution in [0.4, 0.5) is 4.39 Å². The maximum absolute atomic E-state index is 13.4. The summed E-state index contributed by atoms with van der Waals surface area (Å²) in [5.41, 5.74) is 1.74. The van der Waals surface area contributed by atoms with Gasteiger partial charge in [0, 0.05) is 19.0 Å². The fourth-order valence-corrected chi connectivity index (χ4v) is 3.79. The number of benzene rings is 2. The van der Waals surface area contributed by atoms with Crippen molar-refractivity contribution in [3.63, 3.8) is 0 Å². The SMILES string of the molecule is CCC(C)NC(=O)C(CC)N(Cc1ccc(F)cc1)C(=O)CCc1ccc2c(c1)OCCO2. The molecule has 1 N–H and O–H groups in total. The zero-order chi connectivity index (χ0) is 23.8. The van der Waals surface area contributed by atoms with Gasteiger partial charge in [-0.2, -0.15) is 0 Å². The van der Waals surface area contributed by atoms with Crippen LogP contribution in [0.25, 0.3) is 0 Å². The molecule has 7 heteroatoms. The van der Waals surface area contributed by atoms with E-state index in [9.17, 15) is 14.0 Å². The van der Waals surface area contributed by atoms with Gasteiger partial charge in [0.2, 0.25) is 11.8 Å². The van der Waals surface area contributed by atoms with Gasteiger partial charge < -0.3 is 19.7 Å². The molecule has 0 aliphatic carbocycles. The third kappa shape index (κ3) is 6.70. The third-order valence-corrected chi connectivity index (χ3v) is 5.89. The fourth-order valence-electron chi connectivity index (χ4n) is 3.79. The van der Waals surface area contributed by atoms with Gasteiger partial charge in [0.05, 0.1) is 0 Å². The van der Waals surface area contributed by atoms with Crippen LogP contribution in [0.5, 0.6) is 11.5 Å². The first kappa shape index (κ1) is 24.6. The molecule has 0 spiro atoms. The van der Waals surface area contributed by atoms with E-state index in [2.05, 4.69) is 5.32 Å². The van der Waals surface area contributed by atoms with Crippen molar-refractivity contribution in [3.8, 4) is 11.5 Å². The Morgan fingerprint density at radius 3 is 2.33 bits per heavy atom. The second-order valence-corrected chi connectivity index (χ2v) is 8.37. The minimum Gasteiger partial charge on any atom is -0.486 e. The number of halogens is 1. The number of aryl methyl sites for hydroxylation is 1. The number of hydrogen-bond donors (Lipinski definition) is 1. The van der Waals surface area contributed by atoms with Gasteiger partial charge in [0.25, 0.3) is 0 Å². The minimum absolute atomic E-state index is 0.0204.